The zero-order valence-electron chi connectivity index (χ0n) is 15.3. The van der Waals surface area contributed by atoms with E-state index in [9.17, 15) is 18.4 Å². The number of hydrogen-bond acceptors (Lipinski definition) is 6. The molecule has 152 valence electrons. The molecule has 1 aromatic heterocycles. The number of thioether (sulfide) groups is 1. The van der Waals surface area contributed by atoms with Crippen molar-refractivity contribution in [3.63, 3.8) is 0 Å². The Balaban J connectivity index is 1.54. The molecule has 29 heavy (non-hydrogen) atoms. The third-order valence-corrected chi connectivity index (χ3v) is 4.55. The number of halogens is 2. The monoisotopic (exact) mass is 421 g/mol. The fourth-order valence-electron chi connectivity index (χ4n) is 2.45. The van der Waals surface area contributed by atoms with Crippen LogP contribution in [0.4, 0.5) is 8.78 Å². The number of aromatic nitrogens is 2. The van der Waals surface area contributed by atoms with E-state index in [1.165, 1.54) is 24.3 Å². The second-order valence-electron chi connectivity index (χ2n) is 5.72. The van der Waals surface area contributed by atoms with E-state index < -0.39 is 18.4 Å². The Kier molecular flexibility index (Phi) is 6.65. The number of fused-ring (bicyclic) bond motifs is 1. The van der Waals surface area contributed by atoms with E-state index in [4.69, 9.17) is 4.74 Å². The molecule has 7 nitrogen and oxygen atoms in total. The molecule has 3 aromatic rings. The van der Waals surface area contributed by atoms with Crippen LogP contribution in [0.3, 0.4) is 0 Å². The molecule has 0 aliphatic carbocycles. The number of benzene rings is 2. The van der Waals surface area contributed by atoms with Crippen LogP contribution >= 0.6 is 11.8 Å². The number of carbonyl (C=O) groups is 2. The molecule has 0 fully saturated rings. The van der Waals surface area contributed by atoms with E-state index in [0.29, 0.717) is 17.5 Å². The Hall–Kier alpha value is -3.14. The van der Waals surface area contributed by atoms with Crippen LogP contribution in [0.15, 0.2) is 47.6 Å². The zero-order valence-corrected chi connectivity index (χ0v) is 16.1. The lowest BCUT2D eigenvalue weighted by atomic mass is 10.2. The predicted octanol–water partition coefficient (Wildman–Crippen LogP) is 3.61. The molecule has 0 saturated carbocycles. The van der Waals surface area contributed by atoms with Gasteiger partial charge in [-0.2, -0.15) is 8.78 Å². The van der Waals surface area contributed by atoms with Crippen LogP contribution in [0.1, 0.15) is 17.3 Å². The second-order valence-corrected chi connectivity index (χ2v) is 6.69. The van der Waals surface area contributed by atoms with Gasteiger partial charge < -0.3 is 14.5 Å². The molecule has 10 heteroatoms. The highest BCUT2D eigenvalue weighted by molar-refractivity contribution is 7.99. The first-order chi connectivity index (χ1) is 13.9. The summed E-state index contributed by atoms with van der Waals surface area (Å²) in [5.74, 6) is -0.533. The third kappa shape index (κ3) is 5.67. The molecule has 1 heterocycles. The number of alkyl halides is 2. The minimum Gasteiger partial charge on any atom is -0.494 e. The second kappa shape index (κ2) is 9.37. The van der Waals surface area contributed by atoms with Crippen LogP contribution in [0, 0.1) is 0 Å². The first kappa shape index (κ1) is 20.6. The molecule has 0 spiro atoms. The van der Waals surface area contributed by atoms with Crippen molar-refractivity contribution in [1.29, 1.82) is 0 Å². The summed E-state index contributed by atoms with van der Waals surface area (Å²) in [6, 6.07) is 10.5. The number of rotatable bonds is 8. The molecule has 2 amide bonds. The van der Waals surface area contributed by atoms with Crippen LogP contribution in [0.25, 0.3) is 11.0 Å². The van der Waals surface area contributed by atoms with Gasteiger partial charge in [-0.3, -0.25) is 14.9 Å². The average molecular weight is 421 g/mol. The van der Waals surface area contributed by atoms with Gasteiger partial charge in [-0.1, -0.05) is 11.8 Å². The van der Waals surface area contributed by atoms with Crippen molar-refractivity contribution >= 4 is 34.6 Å². The number of imide groups is 1. The fourth-order valence-corrected chi connectivity index (χ4v) is 3.13. The zero-order chi connectivity index (χ0) is 20.8. The topological polar surface area (TPSA) is 93.3 Å². The van der Waals surface area contributed by atoms with Crippen molar-refractivity contribution in [3.05, 3.63) is 48.0 Å². The van der Waals surface area contributed by atoms with Gasteiger partial charge in [0.15, 0.2) is 5.16 Å². The van der Waals surface area contributed by atoms with Gasteiger partial charge in [0.05, 0.1) is 23.4 Å². The van der Waals surface area contributed by atoms with E-state index in [1.807, 2.05) is 25.1 Å². The van der Waals surface area contributed by atoms with Crippen molar-refractivity contribution in [2.24, 2.45) is 0 Å². The highest BCUT2D eigenvalue weighted by Gasteiger charge is 2.13. The van der Waals surface area contributed by atoms with Crippen LogP contribution in [0.2, 0.25) is 0 Å². The number of nitrogens with zero attached hydrogens (tertiary/aromatic N) is 1. The first-order valence-corrected chi connectivity index (χ1v) is 9.57. The van der Waals surface area contributed by atoms with Crippen LogP contribution in [-0.2, 0) is 4.79 Å². The van der Waals surface area contributed by atoms with Gasteiger partial charge in [0.1, 0.15) is 11.5 Å². The van der Waals surface area contributed by atoms with Gasteiger partial charge in [0, 0.05) is 11.6 Å². The maximum atomic E-state index is 12.1. The van der Waals surface area contributed by atoms with Crippen LogP contribution in [-0.4, -0.2) is 40.8 Å². The van der Waals surface area contributed by atoms with Gasteiger partial charge in [0.25, 0.3) is 5.91 Å². The van der Waals surface area contributed by atoms with Gasteiger partial charge in [-0.25, -0.2) is 4.98 Å². The summed E-state index contributed by atoms with van der Waals surface area (Å²) < 4.78 is 33.9. The SMILES string of the molecule is CCOc1ccc2nc(SCC(=O)NC(=O)c3ccc(OC(F)F)cc3)[nH]c2c1. The molecule has 0 aliphatic rings. The third-order valence-electron chi connectivity index (χ3n) is 3.68. The number of H-pyrrole nitrogens is 1. The summed E-state index contributed by atoms with van der Waals surface area (Å²) in [6.45, 7) is -0.501. The lowest BCUT2D eigenvalue weighted by Gasteiger charge is -2.06. The van der Waals surface area contributed by atoms with Crippen LogP contribution < -0.4 is 14.8 Å². The standard InChI is InChI=1S/C19H17F2N3O4S/c1-2-27-13-7-8-14-15(9-13)23-19(22-14)29-10-16(25)24-17(26)11-3-5-12(6-4-11)28-18(20)21/h3-9,18H,2,10H2,1H3,(H,22,23)(H,24,25,26). The molecule has 0 saturated heterocycles. The van der Waals surface area contributed by atoms with E-state index in [2.05, 4.69) is 20.0 Å². The van der Waals surface area contributed by atoms with Crippen molar-refractivity contribution in [2.45, 2.75) is 18.7 Å². The summed E-state index contributed by atoms with van der Waals surface area (Å²) in [4.78, 5) is 31.6. The van der Waals surface area contributed by atoms with Gasteiger partial charge in [-0.15, -0.1) is 0 Å². The molecule has 0 bridgehead atoms. The maximum Gasteiger partial charge on any atom is 0.387 e. The Labute approximate surface area is 168 Å². The largest absolute Gasteiger partial charge is 0.494 e. The van der Waals surface area contributed by atoms with Gasteiger partial charge in [-0.05, 0) is 43.3 Å². The molecular weight excluding hydrogens is 404 g/mol. The lowest BCUT2D eigenvalue weighted by Crippen LogP contribution is -2.31. The summed E-state index contributed by atoms with van der Waals surface area (Å²) in [7, 11) is 0. The lowest BCUT2D eigenvalue weighted by molar-refractivity contribution is -0.117. The predicted molar refractivity (Wildman–Crippen MR) is 104 cm³/mol. The Morgan fingerprint density at radius 2 is 1.90 bits per heavy atom. The highest BCUT2D eigenvalue weighted by Crippen LogP contribution is 2.23. The number of hydrogen-bond donors (Lipinski definition) is 2. The van der Waals surface area contributed by atoms with E-state index in [0.717, 1.165) is 22.8 Å². The summed E-state index contributed by atoms with van der Waals surface area (Å²) in [6.07, 6.45) is 0. The summed E-state index contributed by atoms with van der Waals surface area (Å²) in [5.41, 5.74) is 1.66. The van der Waals surface area contributed by atoms with E-state index >= 15 is 0 Å². The molecule has 0 atom stereocenters. The number of aromatic amines is 1. The number of carbonyl (C=O) groups excluding carboxylic acids is 2. The Bertz CT molecular complexity index is 1010. The molecule has 0 aliphatic heterocycles. The summed E-state index contributed by atoms with van der Waals surface area (Å²) in [5, 5.41) is 2.77. The number of imidazole rings is 1. The average Bonchev–Trinajstić information content (AvgIpc) is 3.09. The molecule has 0 radical (unpaired) electrons. The quantitative estimate of drug-likeness (QED) is 0.540. The number of amides is 2. The Morgan fingerprint density at radius 1 is 1.17 bits per heavy atom. The van der Waals surface area contributed by atoms with Gasteiger partial charge in [0.2, 0.25) is 5.91 Å². The van der Waals surface area contributed by atoms with E-state index in [1.54, 1.807) is 0 Å². The smallest absolute Gasteiger partial charge is 0.387 e. The number of ether oxygens (including phenoxy) is 2. The van der Waals surface area contributed by atoms with Crippen LogP contribution in [0.5, 0.6) is 11.5 Å². The summed E-state index contributed by atoms with van der Waals surface area (Å²) >= 11 is 1.14. The normalized spacial score (nSPS) is 10.9. The van der Waals surface area contributed by atoms with Gasteiger partial charge >= 0.3 is 6.61 Å². The minimum absolute atomic E-state index is 0.0313. The fraction of sp³-hybridized carbons (Fsp3) is 0.211. The molecule has 2 N–H and O–H groups in total. The maximum absolute atomic E-state index is 12.1. The molecule has 3 rings (SSSR count). The Morgan fingerprint density at radius 3 is 2.59 bits per heavy atom. The van der Waals surface area contributed by atoms with Crippen molar-refractivity contribution in [2.75, 3.05) is 12.4 Å². The molecule has 2 aromatic carbocycles. The number of nitrogens with one attached hydrogen (secondary N) is 2. The van der Waals surface area contributed by atoms with Crippen molar-refractivity contribution in [1.82, 2.24) is 15.3 Å². The van der Waals surface area contributed by atoms with Crippen molar-refractivity contribution in [3.8, 4) is 11.5 Å². The molecular formula is C19H17F2N3O4S. The first-order valence-electron chi connectivity index (χ1n) is 8.59. The molecule has 0 unspecified atom stereocenters. The minimum atomic E-state index is -2.95. The van der Waals surface area contributed by atoms with E-state index in [-0.39, 0.29) is 17.1 Å². The van der Waals surface area contributed by atoms with Crippen molar-refractivity contribution < 1.29 is 27.8 Å². The highest BCUT2D eigenvalue weighted by atomic mass is 32.2.